The van der Waals surface area contributed by atoms with Crippen molar-refractivity contribution in [2.75, 3.05) is 0 Å². The highest BCUT2D eigenvalue weighted by Gasteiger charge is 2.31. The fraction of sp³-hybridized carbons (Fsp3) is 0.214. The van der Waals surface area contributed by atoms with Crippen molar-refractivity contribution in [2.45, 2.75) is 76.7 Å². The molecule has 13 rings (SSSR count). The lowest BCUT2D eigenvalue weighted by Gasteiger charge is -2.26. The molecule has 1 unspecified atom stereocenters. The Morgan fingerprint density at radius 1 is 0.574 bits per heavy atom. The number of para-hydroxylation sites is 2. The Morgan fingerprint density at radius 2 is 1.34 bits per heavy atom. The number of allylic oxidation sites excluding steroid dienone is 12. The summed E-state index contributed by atoms with van der Waals surface area (Å²) in [7, 11) is 0. The van der Waals surface area contributed by atoms with Crippen molar-refractivity contribution < 1.29 is 0 Å². The van der Waals surface area contributed by atoms with Gasteiger partial charge in [-0.25, -0.2) is 9.97 Å². The SMILES string of the molecule is C1=CC(C2=CCC(n3c4c(c5ccccc53)C=C(C3=Cc5c6c(n(-c7nc(-c8cccc9c%10c(sc89)C=CCC%10)c8ccccc8n7)c5CC3)CCC=C6)CC4)C=C2)=CCC1. The molecule has 1 atom stereocenters. The van der Waals surface area contributed by atoms with Gasteiger partial charge in [-0.1, -0.05) is 109 Å². The van der Waals surface area contributed by atoms with Crippen LogP contribution in [0.5, 0.6) is 0 Å². The fourth-order valence-corrected chi connectivity index (χ4v) is 12.6. The predicted octanol–water partition coefficient (Wildman–Crippen LogP) is 14.2. The lowest BCUT2D eigenvalue weighted by atomic mass is 9.84. The van der Waals surface area contributed by atoms with Gasteiger partial charge in [0.1, 0.15) is 0 Å². The Labute approximate surface area is 360 Å². The number of aryl methyl sites for hydroxylation is 1. The first-order valence-electron chi connectivity index (χ1n) is 22.5. The number of thiophene rings is 1. The van der Waals surface area contributed by atoms with E-state index in [0.29, 0.717) is 6.04 Å². The first-order chi connectivity index (χ1) is 30.2. The molecule has 0 aliphatic heterocycles. The normalized spacial score (nSPS) is 19.0. The van der Waals surface area contributed by atoms with Crippen LogP contribution in [-0.4, -0.2) is 19.1 Å². The molecule has 7 aromatic rings. The molecule has 6 aliphatic carbocycles. The Balaban J connectivity index is 0.906. The molecule has 4 nitrogen and oxygen atoms in total. The highest BCUT2D eigenvalue weighted by molar-refractivity contribution is 7.20. The van der Waals surface area contributed by atoms with E-state index < -0.39 is 0 Å². The van der Waals surface area contributed by atoms with Crippen molar-refractivity contribution in [3.63, 3.8) is 0 Å². The van der Waals surface area contributed by atoms with E-state index in [9.17, 15) is 0 Å². The van der Waals surface area contributed by atoms with Crippen LogP contribution < -0.4 is 0 Å². The summed E-state index contributed by atoms with van der Waals surface area (Å²) >= 11 is 1.92. The predicted molar refractivity (Wildman–Crippen MR) is 256 cm³/mol. The van der Waals surface area contributed by atoms with E-state index in [1.165, 1.54) is 93.1 Å². The Morgan fingerprint density at radius 3 is 2.23 bits per heavy atom. The minimum atomic E-state index is 0.327. The zero-order valence-corrected chi connectivity index (χ0v) is 35.1. The molecule has 0 N–H and O–H groups in total. The van der Waals surface area contributed by atoms with Crippen LogP contribution in [0.1, 0.15) is 95.2 Å². The molecule has 5 heteroatoms. The molecule has 296 valence electrons. The van der Waals surface area contributed by atoms with Crippen molar-refractivity contribution in [1.82, 2.24) is 19.1 Å². The second-order valence-corrected chi connectivity index (χ2v) is 18.6. The van der Waals surface area contributed by atoms with Crippen LogP contribution in [0.15, 0.2) is 138 Å². The zero-order chi connectivity index (χ0) is 40.0. The number of fused-ring (bicyclic) bond motifs is 10. The van der Waals surface area contributed by atoms with Crippen LogP contribution in [0.3, 0.4) is 0 Å². The fourth-order valence-electron chi connectivity index (χ4n) is 11.3. The van der Waals surface area contributed by atoms with E-state index >= 15 is 0 Å². The average molecular weight is 807 g/mol. The van der Waals surface area contributed by atoms with Crippen molar-refractivity contribution >= 4 is 67.5 Å². The quantitative estimate of drug-likeness (QED) is 0.174. The summed E-state index contributed by atoms with van der Waals surface area (Å²) in [6, 6.07) is 24.8. The summed E-state index contributed by atoms with van der Waals surface area (Å²) in [5.74, 6) is 0.802. The van der Waals surface area contributed by atoms with Gasteiger partial charge in [0, 0.05) is 65.2 Å². The Hall–Kier alpha value is -6.30. The smallest absolute Gasteiger partial charge is 0.235 e. The second kappa shape index (κ2) is 14.1. The Bertz CT molecular complexity index is 3290. The standard InChI is InChI=1S/C56H46N4S/c1-2-13-35(14-3-1)36-25-29-39(30-26-36)59-49-22-9-5-15-40(49)46-33-37(27-31-51(46)59)38-28-32-52-47(34-38)41-16-6-10-23-50(41)60(52)56-57-48-21-8-4-18-44(48)54(58-56)45-20-12-19-43-42-17-7-11-24-53(42)61-55(43)45/h2,4-6,8-9,11-16,18-22,24-26,29,33-34,39H,1,3,7,10,17,23,27-28,30-32H2. The van der Waals surface area contributed by atoms with Crippen LogP contribution >= 0.6 is 11.3 Å². The maximum absolute atomic E-state index is 5.59. The third kappa shape index (κ3) is 5.63. The van der Waals surface area contributed by atoms with Crippen LogP contribution in [0.4, 0.5) is 0 Å². The Kier molecular flexibility index (Phi) is 8.22. The van der Waals surface area contributed by atoms with E-state index in [4.69, 9.17) is 9.97 Å². The van der Waals surface area contributed by atoms with Crippen LogP contribution in [0.25, 0.3) is 73.4 Å². The van der Waals surface area contributed by atoms with E-state index in [0.717, 1.165) is 93.2 Å². The third-order valence-corrected chi connectivity index (χ3v) is 15.4. The van der Waals surface area contributed by atoms with Gasteiger partial charge >= 0.3 is 0 Å². The summed E-state index contributed by atoms with van der Waals surface area (Å²) in [6.07, 6.45) is 40.4. The van der Waals surface area contributed by atoms with Gasteiger partial charge in [0.25, 0.3) is 0 Å². The molecule has 0 radical (unpaired) electrons. The first kappa shape index (κ1) is 35.5. The molecule has 0 amide bonds. The molecule has 6 aliphatic rings. The van der Waals surface area contributed by atoms with E-state index in [2.05, 4.69) is 149 Å². The van der Waals surface area contributed by atoms with Crippen LogP contribution in [0, 0.1) is 0 Å². The number of rotatable bonds is 5. The molecule has 0 spiro atoms. The third-order valence-electron chi connectivity index (χ3n) is 14.1. The highest BCUT2D eigenvalue weighted by Crippen LogP contribution is 2.46. The molecule has 4 heterocycles. The molecule has 0 fully saturated rings. The molecule has 4 aromatic heterocycles. The van der Waals surface area contributed by atoms with Gasteiger partial charge in [0.05, 0.1) is 17.3 Å². The maximum atomic E-state index is 5.59. The van der Waals surface area contributed by atoms with Crippen molar-refractivity contribution in [3.05, 3.63) is 182 Å². The number of hydrogen-bond donors (Lipinski definition) is 0. The van der Waals surface area contributed by atoms with E-state index in [1.54, 1.807) is 0 Å². The second-order valence-electron chi connectivity index (χ2n) is 17.5. The lowest BCUT2D eigenvalue weighted by molar-refractivity contribution is 0.595. The summed E-state index contributed by atoms with van der Waals surface area (Å²) in [4.78, 5) is 12.3. The van der Waals surface area contributed by atoms with Gasteiger partial charge in [-0.2, -0.15) is 0 Å². The molecule has 0 bridgehead atoms. The minimum absolute atomic E-state index is 0.327. The summed E-state index contributed by atoms with van der Waals surface area (Å²) in [5, 5.41) is 3.86. The van der Waals surface area contributed by atoms with Crippen LogP contribution in [0.2, 0.25) is 0 Å². The van der Waals surface area contributed by atoms with Gasteiger partial charge in [-0.3, -0.25) is 4.57 Å². The van der Waals surface area contributed by atoms with Crippen molar-refractivity contribution in [3.8, 4) is 17.2 Å². The summed E-state index contributed by atoms with van der Waals surface area (Å²) < 4.78 is 6.45. The summed E-state index contributed by atoms with van der Waals surface area (Å²) in [6.45, 7) is 0. The first-order valence-corrected chi connectivity index (χ1v) is 23.3. The van der Waals surface area contributed by atoms with E-state index in [1.807, 2.05) is 11.3 Å². The molecule has 0 saturated heterocycles. The largest absolute Gasteiger partial charge is 0.337 e. The number of hydrogen-bond acceptors (Lipinski definition) is 3. The zero-order valence-electron chi connectivity index (χ0n) is 34.3. The average Bonchev–Trinajstić information content (AvgIpc) is 3.99. The highest BCUT2D eigenvalue weighted by atomic mass is 32.1. The van der Waals surface area contributed by atoms with E-state index in [-0.39, 0.29) is 0 Å². The number of nitrogens with zero attached hydrogens (tertiary/aromatic N) is 4. The van der Waals surface area contributed by atoms with Gasteiger partial charge < -0.3 is 4.57 Å². The van der Waals surface area contributed by atoms with Gasteiger partial charge in [-0.15, -0.1) is 11.3 Å². The molecular weight excluding hydrogens is 761 g/mol. The number of aromatic nitrogens is 4. The molecule has 61 heavy (non-hydrogen) atoms. The van der Waals surface area contributed by atoms with Gasteiger partial charge in [-0.05, 0) is 134 Å². The maximum Gasteiger partial charge on any atom is 0.235 e. The van der Waals surface area contributed by atoms with Gasteiger partial charge in [0.15, 0.2) is 0 Å². The van der Waals surface area contributed by atoms with Crippen molar-refractivity contribution in [1.29, 1.82) is 0 Å². The van der Waals surface area contributed by atoms with Crippen LogP contribution in [-0.2, 0) is 25.7 Å². The molecular formula is C56H46N4S. The monoisotopic (exact) mass is 806 g/mol. The topological polar surface area (TPSA) is 35.6 Å². The summed E-state index contributed by atoms with van der Waals surface area (Å²) in [5.41, 5.74) is 20.1. The van der Waals surface area contributed by atoms with Crippen molar-refractivity contribution in [2.24, 2.45) is 0 Å². The molecule has 3 aromatic carbocycles. The minimum Gasteiger partial charge on any atom is -0.337 e. The van der Waals surface area contributed by atoms with Gasteiger partial charge in [0.2, 0.25) is 5.95 Å². The molecule has 0 saturated carbocycles. The lowest BCUT2D eigenvalue weighted by Crippen LogP contribution is -2.15. The number of benzene rings is 3.